The zero-order chi connectivity index (χ0) is 33.7. The molecule has 1 heterocycles. The number of hydrogen-bond donors (Lipinski definition) is 13. The number of nitrogens with one attached hydrogen (secondary N) is 3. The van der Waals surface area contributed by atoms with Crippen molar-refractivity contribution in [2.75, 3.05) is 19.6 Å². The van der Waals surface area contributed by atoms with Crippen molar-refractivity contribution in [1.82, 2.24) is 21.0 Å². The normalized spacial score (nSPS) is 15.6. The van der Waals surface area contributed by atoms with E-state index >= 15 is 0 Å². The number of hydroxylamine groups is 1. The predicted molar refractivity (Wildman–Crippen MR) is 143 cm³/mol. The fourth-order valence-corrected chi connectivity index (χ4v) is 3.77. The predicted octanol–water partition coefficient (Wildman–Crippen LogP) is -8.40. The Labute approximate surface area is 248 Å². The summed E-state index contributed by atoms with van der Waals surface area (Å²) in [6.45, 7) is -2.59. The van der Waals surface area contributed by atoms with E-state index in [1.54, 1.807) is 0 Å². The molecule has 22 heteroatoms. The summed E-state index contributed by atoms with van der Waals surface area (Å²) in [6, 6.07) is 3.63. The Morgan fingerprint density at radius 1 is 0.864 bits per heavy atom. The van der Waals surface area contributed by atoms with E-state index in [1.807, 2.05) is 16.1 Å². The molecule has 2 rings (SSSR count). The first-order valence-corrected chi connectivity index (χ1v) is 12.4. The highest BCUT2D eigenvalue weighted by Gasteiger charge is 2.52. The molecular formula is C22H35N11O11. The lowest BCUT2D eigenvalue weighted by atomic mass is 10.0. The summed E-state index contributed by atoms with van der Waals surface area (Å²) < 4.78 is 5.13. The zero-order valence-corrected chi connectivity index (χ0v) is 23.0. The number of nitrogens with zero attached hydrogens (tertiary/aromatic N) is 1. The molecular weight excluding hydrogens is 594 g/mol. The summed E-state index contributed by atoms with van der Waals surface area (Å²) in [4.78, 5) is 82.0. The van der Waals surface area contributed by atoms with Gasteiger partial charge in [-0.1, -0.05) is 12.1 Å². The van der Waals surface area contributed by atoms with Crippen LogP contribution in [0.25, 0.3) is 0 Å². The van der Waals surface area contributed by atoms with Gasteiger partial charge in [0.2, 0.25) is 11.8 Å². The first-order valence-electron chi connectivity index (χ1n) is 12.4. The van der Waals surface area contributed by atoms with Gasteiger partial charge in [0.05, 0.1) is 30.6 Å². The quantitative estimate of drug-likeness (QED) is 0.0370. The summed E-state index contributed by atoms with van der Waals surface area (Å²) in [5, 5.41) is 33.4. The lowest BCUT2D eigenvalue weighted by molar-refractivity contribution is -0.204. The Morgan fingerprint density at radius 3 is 1.86 bits per heavy atom. The summed E-state index contributed by atoms with van der Waals surface area (Å²) in [5.41, 5.74) is 35.9. The second-order valence-electron chi connectivity index (χ2n) is 9.93. The minimum absolute atomic E-state index is 0.0193. The molecule has 0 radical (unpaired) electrons. The monoisotopic (exact) mass is 629 g/mol. The molecule has 4 amide bonds. The number of ether oxygens (including phenoxy) is 1. The molecule has 1 aliphatic heterocycles. The minimum atomic E-state index is -3.13. The Balaban J connectivity index is 2.38. The Hall–Kier alpha value is -4.20. The van der Waals surface area contributed by atoms with Gasteiger partial charge in [-0.3, -0.25) is 58.5 Å². The maximum atomic E-state index is 13.3. The van der Waals surface area contributed by atoms with Crippen LogP contribution >= 0.6 is 0 Å². The van der Waals surface area contributed by atoms with Crippen molar-refractivity contribution < 1.29 is 53.7 Å². The largest absolute Gasteiger partial charge is 0.425 e. The first kappa shape index (κ1) is 36.0. The average molecular weight is 630 g/mol. The molecule has 20 N–H and O–H groups in total. The van der Waals surface area contributed by atoms with Crippen molar-refractivity contribution in [2.24, 2.45) is 40.1 Å². The van der Waals surface area contributed by atoms with Crippen LogP contribution in [0, 0.1) is 0 Å². The van der Waals surface area contributed by atoms with Crippen LogP contribution < -0.4 is 56.2 Å². The van der Waals surface area contributed by atoms with Gasteiger partial charge in [0.25, 0.3) is 17.5 Å². The van der Waals surface area contributed by atoms with Gasteiger partial charge in [-0.2, -0.15) is 0 Å². The second kappa shape index (κ2) is 13.6. The van der Waals surface area contributed by atoms with E-state index in [1.165, 1.54) is 24.3 Å². The number of imide groups is 1. The molecule has 0 saturated carbocycles. The lowest BCUT2D eigenvalue weighted by Gasteiger charge is -2.36. The molecule has 22 nitrogen and oxygen atoms in total. The Morgan fingerprint density at radius 2 is 1.41 bits per heavy atom. The number of amides is 4. The Bertz CT molecular complexity index is 1250. The third kappa shape index (κ3) is 10.2. The lowest BCUT2D eigenvalue weighted by Crippen LogP contribution is -2.68. The number of esters is 1. The second-order valence-corrected chi connectivity index (χ2v) is 9.93. The number of benzene rings is 1. The molecule has 1 aromatic rings. The maximum absolute atomic E-state index is 13.3. The number of carbonyl (C=O) groups excluding carboxylic acids is 6. The number of hydrogen-bond acceptors (Lipinski definition) is 19. The highest BCUT2D eigenvalue weighted by Crippen LogP contribution is 2.23. The standard InChI is InChI=1S/C22H35N11O11/c23-6-13(34)32-19(8-21(26,27)41,18(39)44-30-9-22(28,29)42)43-17(38)12(5-20(24,25)40)31-14(35)7-33-15(36)10-3-1-2-4-11(10)16(33)37/h1-4,12,30,40-42H,5-9,23-29H2,(H,31,35)(H,32,34). The van der Waals surface area contributed by atoms with E-state index in [-0.39, 0.29) is 11.1 Å². The smallest absolute Gasteiger partial charge is 0.391 e. The molecule has 44 heavy (non-hydrogen) atoms. The molecule has 0 aromatic heterocycles. The number of nitrogens with two attached hydrogens (primary N) is 7. The van der Waals surface area contributed by atoms with Crippen molar-refractivity contribution in [3.8, 4) is 0 Å². The van der Waals surface area contributed by atoms with Gasteiger partial charge >= 0.3 is 11.9 Å². The van der Waals surface area contributed by atoms with Crippen LogP contribution in [0.2, 0.25) is 0 Å². The van der Waals surface area contributed by atoms with E-state index in [9.17, 15) is 44.1 Å². The molecule has 0 bridgehead atoms. The molecule has 2 unspecified atom stereocenters. The number of carbonyl (C=O) groups is 6. The molecule has 1 aliphatic rings. The van der Waals surface area contributed by atoms with Crippen LogP contribution in [0.3, 0.4) is 0 Å². The topological polar surface area (TPSA) is 403 Å². The van der Waals surface area contributed by atoms with E-state index in [0.29, 0.717) is 4.90 Å². The van der Waals surface area contributed by atoms with Gasteiger partial charge in [-0.05, 0) is 12.1 Å². The molecule has 1 aromatic carbocycles. The number of fused-ring (bicyclic) bond motifs is 1. The first-order chi connectivity index (χ1) is 20.1. The van der Waals surface area contributed by atoms with Crippen molar-refractivity contribution in [3.63, 3.8) is 0 Å². The van der Waals surface area contributed by atoms with Crippen LogP contribution in [0.15, 0.2) is 24.3 Å². The third-order valence-corrected chi connectivity index (χ3v) is 5.51. The third-order valence-electron chi connectivity index (χ3n) is 5.51. The van der Waals surface area contributed by atoms with Crippen molar-refractivity contribution in [3.05, 3.63) is 35.4 Å². The summed E-state index contributed by atoms with van der Waals surface area (Å²) in [5.74, 6) is -15.4. The molecule has 2 atom stereocenters. The van der Waals surface area contributed by atoms with Crippen molar-refractivity contribution in [1.29, 1.82) is 0 Å². The van der Waals surface area contributed by atoms with Gasteiger partial charge in [-0.15, -0.1) is 5.48 Å². The van der Waals surface area contributed by atoms with Crippen LogP contribution in [-0.4, -0.2) is 105 Å². The number of aliphatic hydroxyl groups is 3. The molecule has 0 saturated heterocycles. The molecule has 244 valence electrons. The molecule has 0 fully saturated rings. The SMILES string of the molecule is NCC(=O)NC(CC(N)(N)O)(OC(=O)C(CC(N)(N)O)NC(=O)CN1C(=O)c2ccccc2C1=O)C(=O)ONCC(N)(N)O. The van der Waals surface area contributed by atoms with Crippen molar-refractivity contribution >= 4 is 35.6 Å². The van der Waals surface area contributed by atoms with E-state index < -0.39 is 97.4 Å². The molecule has 0 spiro atoms. The minimum Gasteiger partial charge on any atom is -0.425 e. The van der Waals surface area contributed by atoms with Crippen LogP contribution in [-0.2, 0) is 28.8 Å². The number of rotatable bonds is 15. The maximum Gasteiger partial charge on any atom is 0.391 e. The van der Waals surface area contributed by atoms with Gasteiger partial charge < -0.3 is 41.3 Å². The van der Waals surface area contributed by atoms with Crippen LogP contribution in [0.5, 0.6) is 0 Å². The van der Waals surface area contributed by atoms with E-state index in [0.717, 1.165) is 0 Å². The fraction of sp³-hybridized carbons (Fsp3) is 0.455. The summed E-state index contributed by atoms with van der Waals surface area (Å²) >= 11 is 0. The fourth-order valence-electron chi connectivity index (χ4n) is 3.77. The average Bonchev–Trinajstić information content (AvgIpc) is 3.10. The summed E-state index contributed by atoms with van der Waals surface area (Å²) in [7, 11) is 0. The van der Waals surface area contributed by atoms with E-state index in [2.05, 4.69) is 4.84 Å². The zero-order valence-electron chi connectivity index (χ0n) is 23.0. The van der Waals surface area contributed by atoms with Gasteiger partial charge in [0.1, 0.15) is 12.6 Å². The van der Waals surface area contributed by atoms with Crippen LogP contribution in [0.4, 0.5) is 0 Å². The molecule has 0 aliphatic carbocycles. The van der Waals surface area contributed by atoms with Crippen LogP contribution in [0.1, 0.15) is 33.6 Å². The Kier molecular flexibility index (Phi) is 11.1. The highest BCUT2D eigenvalue weighted by atomic mass is 16.7. The van der Waals surface area contributed by atoms with Gasteiger partial charge in [0.15, 0.2) is 17.5 Å². The van der Waals surface area contributed by atoms with E-state index in [4.69, 9.17) is 44.9 Å². The van der Waals surface area contributed by atoms with Gasteiger partial charge in [0, 0.05) is 6.42 Å². The van der Waals surface area contributed by atoms with Crippen molar-refractivity contribution in [2.45, 2.75) is 42.2 Å². The highest BCUT2D eigenvalue weighted by molar-refractivity contribution is 6.22. The summed E-state index contributed by atoms with van der Waals surface area (Å²) in [6.07, 6.45) is -2.37. The van der Waals surface area contributed by atoms with Gasteiger partial charge in [-0.25, -0.2) is 9.59 Å².